The van der Waals surface area contributed by atoms with Crippen molar-refractivity contribution in [3.63, 3.8) is 0 Å². The summed E-state index contributed by atoms with van der Waals surface area (Å²) in [6.45, 7) is 24.9. The Balaban J connectivity index is 1.67. The van der Waals surface area contributed by atoms with Crippen LogP contribution in [-0.4, -0.2) is 92.9 Å². The third-order valence-corrected chi connectivity index (χ3v) is 21.0. The summed E-state index contributed by atoms with van der Waals surface area (Å²) >= 11 is 0. The zero-order chi connectivity index (χ0) is 48.3. The largest absolute Gasteiger partial charge is 0.502 e. The second kappa shape index (κ2) is 22.9. The number of benzene rings is 3. The summed E-state index contributed by atoms with van der Waals surface area (Å²) in [5, 5.41) is 13.7. The first-order chi connectivity index (χ1) is 31.2. The van der Waals surface area contributed by atoms with E-state index in [4.69, 9.17) is 42.3 Å². The number of hydrogen-bond acceptors (Lipinski definition) is 10. The third kappa shape index (κ3) is 12.9. The molecule has 2 unspecified atom stereocenters. The van der Waals surface area contributed by atoms with E-state index in [0.717, 1.165) is 47.1 Å². The van der Waals surface area contributed by atoms with E-state index in [9.17, 15) is 5.11 Å². The van der Waals surface area contributed by atoms with Gasteiger partial charge in [-0.1, -0.05) is 115 Å². The van der Waals surface area contributed by atoms with E-state index < -0.39 is 45.2 Å². The van der Waals surface area contributed by atoms with Gasteiger partial charge < -0.3 is 47.4 Å². The lowest BCUT2D eigenvalue weighted by atomic mass is 9.62. The molecule has 2 saturated carbocycles. The van der Waals surface area contributed by atoms with E-state index >= 15 is 0 Å². The van der Waals surface area contributed by atoms with Crippen LogP contribution in [0.1, 0.15) is 70.6 Å². The molecule has 366 valence electrons. The van der Waals surface area contributed by atoms with E-state index in [2.05, 4.69) is 85.6 Å². The predicted molar refractivity (Wildman–Crippen MR) is 269 cm³/mol. The van der Waals surface area contributed by atoms with Gasteiger partial charge in [0.05, 0.1) is 65.7 Å². The standard InChI is InChI=1S/C54H82O10Si2/c1-50(2,3)66(12,13)64-33-28-48(61-38-44-21-25-46(58-8)26-22-44)52(63-39-42-17-15-14-16-18-42,40-60-37-43-19-23-45(57-7)24-20-43)30-31-54(55)49(62-41-56-6)47-27-29-53(54,51(47,4)5)32-34-59-35-36-65(9,10)11/h14-26,30-32,34,47-49,55H,27-29,33,35-41H2,1-13H3/b31-30-,34-32-/t47?,48-,49-,52+,53?,54-/m1/s1. The van der Waals surface area contributed by atoms with Crippen molar-refractivity contribution < 1.29 is 47.4 Å². The molecule has 2 fully saturated rings. The minimum absolute atomic E-state index is 0.00400. The molecular formula is C54H82O10Si2. The summed E-state index contributed by atoms with van der Waals surface area (Å²) < 4.78 is 57.4. The van der Waals surface area contributed by atoms with Gasteiger partial charge in [0.15, 0.2) is 8.32 Å². The SMILES string of the molecule is COCO[C@@H]1C2CCC(/C=C\OCC[Si](C)(C)C)(C2(C)C)[C@@]1(O)/C=C\[C@@](COCc1ccc(OC)cc1)(OCc1ccccc1)[C@@H](CCO[Si](C)(C)C(C)(C)C)OCc1ccc(OC)cc1. The molecular weight excluding hydrogens is 865 g/mol. The van der Waals surface area contributed by atoms with Gasteiger partial charge in [0, 0.05) is 27.2 Å². The van der Waals surface area contributed by atoms with Crippen molar-refractivity contribution in [1.29, 1.82) is 0 Å². The zero-order valence-electron chi connectivity index (χ0n) is 42.4. The average Bonchev–Trinajstić information content (AvgIpc) is 3.61. The minimum atomic E-state index is -2.17. The first kappa shape index (κ1) is 53.6. The Morgan fingerprint density at radius 1 is 0.773 bits per heavy atom. The lowest BCUT2D eigenvalue weighted by Gasteiger charge is -2.47. The Morgan fingerprint density at radius 3 is 1.95 bits per heavy atom. The molecule has 2 aliphatic rings. The van der Waals surface area contributed by atoms with Gasteiger partial charge in [0.2, 0.25) is 0 Å². The minimum Gasteiger partial charge on any atom is -0.502 e. The molecule has 12 heteroatoms. The van der Waals surface area contributed by atoms with Crippen LogP contribution in [0.25, 0.3) is 0 Å². The summed E-state index contributed by atoms with van der Waals surface area (Å²) in [7, 11) is 1.45. The molecule has 0 heterocycles. The number of rotatable bonds is 27. The lowest BCUT2D eigenvalue weighted by molar-refractivity contribution is -0.175. The van der Waals surface area contributed by atoms with Crippen LogP contribution in [0.4, 0.5) is 0 Å². The maximum absolute atomic E-state index is 13.7. The average molecular weight is 947 g/mol. The van der Waals surface area contributed by atoms with E-state index in [0.29, 0.717) is 26.2 Å². The van der Waals surface area contributed by atoms with Crippen molar-refractivity contribution in [2.75, 3.05) is 47.9 Å². The molecule has 0 spiro atoms. The van der Waals surface area contributed by atoms with E-state index in [1.807, 2.05) is 85.1 Å². The number of ether oxygens (including phenoxy) is 8. The highest BCUT2D eigenvalue weighted by atomic mass is 28.4. The molecule has 5 rings (SSSR count). The number of fused-ring (bicyclic) bond motifs is 2. The molecule has 0 amide bonds. The van der Waals surface area contributed by atoms with E-state index in [1.54, 1.807) is 21.3 Å². The summed E-state index contributed by atoms with van der Waals surface area (Å²) in [5.41, 5.74) is -0.932. The highest BCUT2D eigenvalue weighted by molar-refractivity contribution is 6.76. The van der Waals surface area contributed by atoms with Crippen LogP contribution in [-0.2, 0) is 52.7 Å². The fourth-order valence-corrected chi connectivity index (χ4v) is 11.2. The van der Waals surface area contributed by atoms with Gasteiger partial charge in [-0.25, -0.2) is 0 Å². The fraction of sp³-hybridized carbons (Fsp3) is 0.593. The molecule has 3 aromatic carbocycles. The summed E-state index contributed by atoms with van der Waals surface area (Å²) in [4.78, 5) is 0. The normalized spacial score (nSPS) is 23.4. The Labute approximate surface area is 399 Å². The number of aliphatic hydroxyl groups is 1. The predicted octanol–water partition coefficient (Wildman–Crippen LogP) is 11.8. The number of hydrogen-bond donors (Lipinski definition) is 1. The van der Waals surface area contributed by atoms with Crippen molar-refractivity contribution in [1.82, 2.24) is 0 Å². The number of methoxy groups -OCH3 is 3. The fourth-order valence-electron chi connectivity index (χ4n) is 9.43. The van der Waals surface area contributed by atoms with Crippen LogP contribution in [0.2, 0.25) is 43.8 Å². The summed E-state index contributed by atoms with van der Waals surface area (Å²) in [5.74, 6) is 1.57. The maximum Gasteiger partial charge on any atom is 0.191 e. The molecule has 0 aliphatic heterocycles. The Hall–Kier alpha value is -3.31. The van der Waals surface area contributed by atoms with Crippen LogP contribution in [0.15, 0.2) is 103 Å². The van der Waals surface area contributed by atoms with Gasteiger partial charge in [0.1, 0.15) is 29.5 Å². The van der Waals surface area contributed by atoms with Gasteiger partial charge >= 0.3 is 0 Å². The highest BCUT2D eigenvalue weighted by Crippen LogP contribution is 2.71. The van der Waals surface area contributed by atoms with Crippen LogP contribution >= 0.6 is 0 Å². The molecule has 0 aromatic heterocycles. The van der Waals surface area contributed by atoms with Crippen LogP contribution < -0.4 is 9.47 Å². The van der Waals surface area contributed by atoms with Crippen LogP contribution in [0.5, 0.6) is 11.5 Å². The topological polar surface area (TPSA) is 103 Å². The molecule has 10 nitrogen and oxygen atoms in total. The van der Waals surface area contributed by atoms with Gasteiger partial charge in [-0.3, -0.25) is 0 Å². The molecule has 2 bridgehead atoms. The maximum atomic E-state index is 13.7. The second-order valence-electron chi connectivity index (χ2n) is 21.6. The Kier molecular flexibility index (Phi) is 18.6. The van der Waals surface area contributed by atoms with E-state index in [1.165, 1.54) is 0 Å². The molecule has 3 aromatic rings. The van der Waals surface area contributed by atoms with Crippen molar-refractivity contribution in [3.8, 4) is 11.5 Å². The van der Waals surface area contributed by atoms with Crippen molar-refractivity contribution in [3.05, 3.63) is 120 Å². The van der Waals surface area contributed by atoms with Gasteiger partial charge in [0.25, 0.3) is 0 Å². The third-order valence-electron chi connectivity index (χ3n) is 14.8. The van der Waals surface area contributed by atoms with Gasteiger partial charge in [-0.2, -0.15) is 0 Å². The Bertz CT molecular complexity index is 1970. The summed E-state index contributed by atoms with van der Waals surface area (Å²) in [6, 6.07) is 27.0. The molecule has 66 heavy (non-hydrogen) atoms. The monoisotopic (exact) mass is 947 g/mol. The van der Waals surface area contributed by atoms with Crippen molar-refractivity contribution in [2.45, 2.75) is 141 Å². The smallest absolute Gasteiger partial charge is 0.191 e. The first-order valence-electron chi connectivity index (χ1n) is 23.8. The molecule has 1 N–H and O–H groups in total. The molecule has 0 radical (unpaired) electrons. The van der Waals surface area contributed by atoms with Gasteiger partial charge in [-0.15, -0.1) is 0 Å². The molecule has 6 atom stereocenters. The quantitative estimate of drug-likeness (QED) is 0.0261. The Morgan fingerprint density at radius 2 is 1.38 bits per heavy atom. The van der Waals surface area contributed by atoms with Crippen LogP contribution in [0.3, 0.4) is 0 Å². The summed E-state index contributed by atoms with van der Waals surface area (Å²) in [6.07, 6.45) is 8.84. The lowest BCUT2D eigenvalue weighted by Crippen LogP contribution is -2.55. The van der Waals surface area contributed by atoms with Crippen LogP contribution in [0, 0.1) is 16.7 Å². The van der Waals surface area contributed by atoms with Gasteiger partial charge in [-0.05, 0) is 108 Å². The zero-order valence-corrected chi connectivity index (χ0v) is 44.4. The highest BCUT2D eigenvalue weighted by Gasteiger charge is 2.74. The second-order valence-corrected chi connectivity index (χ2v) is 32.0. The van der Waals surface area contributed by atoms with E-state index in [-0.39, 0.29) is 43.0 Å². The molecule has 0 saturated heterocycles. The van der Waals surface area contributed by atoms with Crippen molar-refractivity contribution in [2.24, 2.45) is 16.7 Å². The van der Waals surface area contributed by atoms with Crippen molar-refractivity contribution >= 4 is 16.4 Å². The first-order valence-corrected chi connectivity index (χ1v) is 30.4. The molecule has 2 aliphatic carbocycles.